The Morgan fingerprint density at radius 3 is 1.14 bits per heavy atom. The largest absolute Gasteiger partial charge is 0.671 e. The van der Waals surface area contributed by atoms with Gasteiger partial charge in [-0.1, -0.05) is 30.3 Å². The summed E-state index contributed by atoms with van der Waals surface area (Å²) in [6.07, 6.45) is 2.28. The van der Waals surface area contributed by atoms with Crippen molar-refractivity contribution in [3.8, 4) is 0 Å². The Kier molecular flexibility index (Phi) is 14.7. The first-order chi connectivity index (χ1) is 16.7. The monoisotopic (exact) mass is 572 g/mol. The lowest BCUT2D eigenvalue weighted by Crippen LogP contribution is -2.69. The van der Waals surface area contributed by atoms with Gasteiger partial charge in [0.2, 0.25) is 0 Å². The molecule has 0 spiro atoms. The minimum atomic E-state index is -3.97. The molecule has 12 nitrogen and oxygen atoms in total. The molecule has 0 aliphatic rings. The number of hydrogen-bond acceptors (Lipinski definition) is 12. The van der Waals surface area contributed by atoms with Crippen LogP contribution in [0.3, 0.4) is 0 Å². The van der Waals surface area contributed by atoms with Gasteiger partial charge in [-0.3, -0.25) is 0 Å². The topological polar surface area (TPSA) is 111 Å². The first-order valence-electron chi connectivity index (χ1n) is 10.9. The fourth-order valence-electron chi connectivity index (χ4n) is 3.23. The van der Waals surface area contributed by atoms with Gasteiger partial charge in [-0.25, -0.2) is 0 Å². The zero-order valence-corrected chi connectivity index (χ0v) is 26.1. The summed E-state index contributed by atoms with van der Waals surface area (Å²) in [5.74, 6) is 0. The van der Waals surface area contributed by atoms with Crippen LogP contribution in [0.25, 0.3) is 0 Å². The first-order valence-corrected chi connectivity index (χ1v) is 17.7. The Bertz CT molecular complexity index is 610. The van der Waals surface area contributed by atoms with Gasteiger partial charge in [0.1, 0.15) is 0 Å². The number of rotatable bonds is 20. The molecular weight excluding hydrogens is 533 g/mol. The molecule has 204 valence electrons. The minimum Gasteiger partial charge on any atom is -0.355 e. The van der Waals surface area contributed by atoms with Crippen molar-refractivity contribution in [3.63, 3.8) is 0 Å². The number of hydrogen-bond donors (Lipinski definition) is 0. The summed E-state index contributed by atoms with van der Waals surface area (Å²) in [5, 5.41) is 0. The maximum atomic E-state index is 6.40. The lowest BCUT2D eigenvalue weighted by atomic mass is 10.1. The van der Waals surface area contributed by atoms with Gasteiger partial charge in [-0.2, -0.15) is 0 Å². The second kappa shape index (κ2) is 15.8. The molecule has 0 aliphatic carbocycles. The van der Waals surface area contributed by atoms with Gasteiger partial charge >= 0.3 is 35.9 Å². The van der Waals surface area contributed by atoms with Crippen molar-refractivity contribution in [3.05, 3.63) is 35.9 Å². The van der Waals surface area contributed by atoms with Crippen LogP contribution in [0.15, 0.2) is 30.3 Å². The van der Waals surface area contributed by atoms with Crippen molar-refractivity contribution >= 4 is 35.9 Å². The van der Waals surface area contributed by atoms with E-state index in [-0.39, 0.29) is 6.04 Å². The molecule has 0 bridgehead atoms. The highest BCUT2D eigenvalue weighted by Gasteiger charge is 2.65. The Balaban J connectivity index is 3.44. The average Bonchev–Trinajstić information content (AvgIpc) is 2.92. The van der Waals surface area contributed by atoms with Crippen molar-refractivity contribution in [1.29, 1.82) is 0 Å². The van der Waals surface area contributed by atoms with Crippen molar-refractivity contribution in [2.45, 2.75) is 25.3 Å². The van der Waals surface area contributed by atoms with Crippen LogP contribution >= 0.6 is 0 Å². The van der Waals surface area contributed by atoms with E-state index in [4.69, 9.17) is 52.2 Å². The molecule has 0 saturated heterocycles. The van der Waals surface area contributed by atoms with E-state index in [1.807, 2.05) is 18.2 Å². The SMILES string of the molecule is CO[Si](OC)(OC)O[Si](CCCCc1ccccc1)(O[Si](OC)(OC)OC)O[Si](OC)(OC)OC. The molecule has 0 heterocycles. The van der Waals surface area contributed by atoms with Crippen LogP contribution in [0.2, 0.25) is 6.04 Å². The second-order valence-corrected chi connectivity index (χ2v) is 18.0. The Hall–Kier alpha value is -0.392. The average molecular weight is 573 g/mol. The van der Waals surface area contributed by atoms with Crippen molar-refractivity contribution in [2.75, 3.05) is 64.0 Å². The summed E-state index contributed by atoms with van der Waals surface area (Å²) in [7, 11) is -2.45. The van der Waals surface area contributed by atoms with E-state index in [1.54, 1.807) is 0 Å². The van der Waals surface area contributed by atoms with Crippen molar-refractivity contribution in [2.24, 2.45) is 0 Å². The molecule has 35 heavy (non-hydrogen) atoms. The van der Waals surface area contributed by atoms with Crippen LogP contribution in [-0.2, 0) is 58.6 Å². The Morgan fingerprint density at radius 2 is 0.829 bits per heavy atom. The number of benzene rings is 1. The fraction of sp³-hybridized carbons (Fsp3) is 0.684. The van der Waals surface area contributed by atoms with Crippen LogP contribution < -0.4 is 0 Å². The fourth-order valence-corrected chi connectivity index (χ4v) is 15.8. The van der Waals surface area contributed by atoms with Gasteiger partial charge in [0.15, 0.2) is 0 Å². The third-order valence-corrected chi connectivity index (χ3v) is 17.3. The standard InChI is InChI=1S/C19H40O12Si4/c1-20-33(21-2,22-3)29-32(30-34(23-4,24-5)25-6,31-35(26-7,27-8)28-9)18-14-13-17-19-15-11-10-12-16-19/h10-12,15-16H,13-14,17-18H2,1-9H3. The minimum absolute atomic E-state index is 0.278. The molecule has 0 N–H and O–H groups in total. The van der Waals surface area contributed by atoms with Crippen LogP contribution in [0.4, 0.5) is 0 Å². The van der Waals surface area contributed by atoms with Gasteiger partial charge in [-0.05, 0) is 24.8 Å². The highest BCUT2D eigenvalue weighted by atomic mass is 28.5. The predicted molar refractivity (Wildman–Crippen MR) is 134 cm³/mol. The lowest BCUT2D eigenvalue weighted by molar-refractivity contribution is -0.0260. The summed E-state index contributed by atoms with van der Waals surface area (Å²) in [6, 6.07) is 10.4. The van der Waals surface area contributed by atoms with Crippen molar-refractivity contribution in [1.82, 2.24) is 0 Å². The molecule has 1 aromatic rings. The molecule has 0 radical (unpaired) electrons. The lowest BCUT2D eigenvalue weighted by Gasteiger charge is -2.41. The van der Waals surface area contributed by atoms with Crippen molar-refractivity contribution < 1.29 is 52.2 Å². The van der Waals surface area contributed by atoms with E-state index >= 15 is 0 Å². The number of aryl methyl sites for hydroxylation is 1. The summed E-state index contributed by atoms with van der Waals surface area (Å²) in [4.78, 5) is 0. The van der Waals surface area contributed by atoms with E-state index in [0.29, 0.717) is 6.42 Å². The van der Waals surface area contributed by atoms with Crippen LogP contribution in [0, 0.1) is 0 Å². The molecule has 1 aromatic carbocycles. The van der Waals surface area contributed by atoms with E-state index in [1.165, 1.54) is 69.6 Å². The zero-order chi connectivity index (χ0) is 26.4. The normalized spacial score (nSPS) is 13.4. The smallest absolute Gasteiger partial charge is 0.355 e. The summed E-state index contributed by atoms with van der Waals surface area (Å²) in [6.45, 7) is 0. The van der Waals surface area contributed by atoms with E-state index in [0.717, 1.165) is 12.8 Å². The maximum Gasteiger partial charge on any atom is 0.671 e. The Morgan fingerprint density at radius 1 is 0.486 bits per heavy atom. The quantitative estimate of drug-likeness (QED) is 0.169. The molecular formula is C19H40O12Si4. The van der Waals surface area contributed by atoms with Gasteiger partial charge in [0.25, 0.3) is 0 Å². The molecule has 1 rings (SSSR count). The molecule has 0 amide bonds. The zero-order valence-electron chi connectivity index (χ0n) is 22.1. The molecule has 0 aromatic heterocycles. The third-order valence-electron chi connectivity index (χ3n) is 5.13. The third kappa shape index (κ3) is 9.14. The summed E-state index contributed by atoms with van der Waals surface area (Å²) >= 11 is 0. The second-order valence-electron chi connectivity index (χ2n) is 7.02. The van der Waals surface area contributed by atoms with Crippen LogP contribution in [0.1, 0.15) is 18.4 Å². The van der Waals surface area contributed by atoms with Gasteiger partial charge < -0.3 is 52.2 Å². The molecule has 0 atom stereocenters. The van der Waals surface area contributed by atoms with E-state index in [9.17, 15) is 0 Å². The predicted octanol–water partition coefficient (Wildman–Crippen LogP) is 2.12. The van der Waals surface area contributed by atoms with Crippen LogP contribution in [0.5, 0.6) is 0 Å². The highest BCUT2D eigenvalue weighted by Crippen LogP contribution is 2.32. The Labute approximate surface area is 213 Å². The van der Waals surface area contributed by atoms with Gasteiger partial charge in [0, 0.05) is 70.0 Å². The molecule has 0 unspecified atom stereocenters. The highest BCUT2D eigenvalue weighted by molar-refractivity contribution is 6.82. The molecule has 16 heteroatoms. The number of unbranched alkanes of at least 4 members (excludes halogenated alkanes) is 1. The van der Waals surface area contributed by atoms with Crippen LogP contribution in [-0.4, -0.2) is 99.9 Å². The van der Waals surface area contributed by atoms with E-state index < -0.39 is 35.9 Å². The molecule has 0 fully saturated rings. The van der Waals surface area contributed by atoms with Gasteiger partial charge in [0.05, 0.1) is 0 Å². The molecule has 0 aliphatic heterocycles. The molecule has 0 saturated carbocycles. The first kappa shape index (κ1) is 32.6. The van der Waals surface area contributed by atoms with E-state index in [2.05, 4.69) is 12.1 Å². The van der Waals surface area contributed by atoms with Gasteiger partial charge in [-0.15, -0.1) is 0 Å². The maximum absolute atomic E-state index is 6.40. The summed E-state index contributed by atoms with van der Waals surface area (Å²) < 4.78 is 69.0. The summed E-state index contributed by atoms with van der Waals surface area (Å²) in [5.41, 5.74) is 1.21.